The predicted octanol–water partition coefficient (Wildman–Crippen LogP) is 6.48. The van der Waals surface area contributed by atoms with Gasteiger partial charge in [-0.15, -0.1) is 0 Å². The average Bonchev–Trinajstić information content (AvgIpc) is 3.46. The molecule has 0 saturated carbocycles. The van der Waals surface area contributed by atoms with Gasteiger partial charge in [0.15, 0.2) is 0 Å². The second-order valence-electron chi connectivity index (χ2n) is 7.18. The fraction of sp³-hybridized carbons (Fsp3) is 0.652. The molecule has 2 nitrogen and oxygen atoms in total. The Hall–Kier alpha value is -1.28. The molecule has 2 rings (SSSR count). The van der Waals surface area contributed by atoms with Gasteiger partial charge in [-0.25, -0.2) is 0 Å². The third-order valence-corrected chi connectivity index (χ3v) is 4.74. The summed E-state index contributed by atoms with van der Waals surface area (Å²) in [6.45, 7) is 3.80. The predicted molar refractivity (Wildman–Crippen MR) is 106 cm³/mol. The van der Waals surface area contributed by atoms with Crippen LogP contribution in [-0.2, 0) is 11.2 Å². The molecule has 0 amide bonds. The van der Waals surface area contributed by atoms with Gasteiger partial charge >= 0.3 is 0 Å². The molecule has 140 valence electrons. The first kappa shape index (κ1) is 20.0. The van der Waals surface area contributed by atoms with Crippen molar-refractivity contribution in [1.29, 1.82) is 0 Å². The molecule has 1 unspecified atom stereocenters. The lowest BCUT2D eigenvalue weighted by Crippen LogP contribution is -2.03. The van der Waals surface area contributed by atoms with Gasteiger partial charge in [0.05, 0.1) is 6.61 Å². The minimum absolute atomic E-state index is 0.330. The van der Waals surface area contributed by atoms with Crippen molar-refractivity contribution in [2.24, 2.45) is 0 Å². The van der Waals surface area contributed by atoms with E-state index >= 15 is 0 Å². The van der Waals surface area contributed by atoms with Crippen molar-refractivity contribution in [2.45, 2.75) is 83.7 Å². The number of epoxide rings is 1. The third-order valence-electron chi connectivity index (χ3n) is 4.74. The summed E-state index contributed by atoms with van der Waals surface area (Å²) < 4.78 is 10.8. The summed E-state index contributed by atoms with van der Waals surface area (Å²) in [5.74, 6) is 0.961. The van der Waals surface area contributed by atoms with Crippen LogP contribution >= 0.6 is 0 Å². The minimum atomic E-state index is 0.330. The van der Waals surface area contributed by atoms with Crippen LogP contribution < -0.4 is 4.74 Å². The normalized spacial score (nSPS) is 16.4. The molecule has 0 spiro atoms. The number of hydrogen-bond donors (Lipinski definition) is 0. The SMILES string of the molecule is CCCC/C=C/CCCCCCCCc1ccc(OCC2CO2)cc1. The second kappa shape index (κ2) is 13.0. The summed E-state index contributed by atoms with van der Waals surface area (Å²) in [6, 6.07) is 8.58. The van der Waals surface area contributed by atoms with Crippen LogP contribution in [0.4, 0.5) is 0 Å². The topological polar surface area (TPSA) is 21.8 Å². The van der Waals surface area contributed by atoms with E-state index in [1.165, 1.54) is 76.2 Å². The van der Waals surface area contributed by atoms with Crippen LogP contribution in [0.3, 0.4) is 0 Å². The molecule has 1 aromatic rings. The summed E-state index contributed by atoms with van der Waals surface area (Å²) in [5, 5.41) is 0. The monoisotopic (exact) mass is 344 g/mol. The fourth-order valence-corrected chi connectivity index (χ4v) is 2.96. The maximum absolute atomic E-state index is 5.67. The number of allylic oxidation sites excluding steroid dienone is 2. The van der Waals surface area contributed by atoms with E-state index in [0.717, 1.165) is 12.4 Å². The van der Waals surface area contributed by atoms with Gasteiger partial charge in [-0.3, -0.25) is 0 Å². The zero-order valence-electron chi connectivity index (χ0n) is 16.1. The molecule has 0 aromatic heterocycles. The number of benzene rings is 1. The van der Waals surface area contributed by atoms with Gasteiger partial charge in [0.1, 0.15) is 18.5 Å². The summed E-state index contributed by atoms with van der Waals surface area (Å²) in [6.07, 6.45) is 19.6. The van der Waals surface area contributed by atoms with Crippen LogP contribution in [0.15, 0.2) is 36.4 Å². The summed E-state index contributed by atoms with van der Waals surface area (Å²) in [7, 11) is 0. The molecular formula is C23H36O2. The van der Waals surface area contributed by atoms with Gasteiger partial charge in [0, 0.05) is 0 Å². The number of rotatable bonds is 15. The molecule has 1 aliphatic heterocycles. The van der Waals surface area contributed by atoms with Gasteiger partial charge in [-0.2, -0.15) is 0 Å². The standard InChI is InChI=1S/C23H36O2/c1-2-3-4-5-6-7-8-9-10-11-12-13-14-21-15-17-22(18-16-21)24-19-23-20-25-23/h5-6,15-18,23H,2-4,7-14,19-20H2,1H3/b6-5+. The Bertz CT molecular complexity index is 459. The van der Waals surface area contributed by atoms with Crippen LogP contribution in [0.5, 0.6) is 5.75 Å². The zero-order valence-corrected chi connectivity index (χ0v) is 16.1. The summed E-state index contributed by atoms with van der Waals surface area (Å²) >= 11 is 0. The van der Waals surface area contributed by atoms with Crippen LogP contribution in [0.1, 0.15) is 76.7 Å². The first-order valence-corrected chi connectivity index (χ1v) is 10.4. The van der Waals surface area contributed by atoms with E-state index < -0.39 is 0 Å². The minimum Gasteiger partial charge on any atom is -0.491 e. The zero-order chi connectivity index (χ0) is 17.6. The van der Waals surface area contributed by atoms with Crippen molar-refractivity contribution in [2.75, 3.05) is 13.2 Å². The Morgan fingerprint density at radius 1 is 0.920 bits per heavy atom. The summed E-state index contributed by atoms with van der Waals surface area (Å²) in [4.78, 5) is 0. The van der Waals surface area contributed by atoms with E-state index in [-0.39, 0.29) is 0 Å². The van der Waals surface area contributed by atoms with E-state index in [0.29, 0.717) is 12.7 Å². The largest absolute Gasteiger partial charge is 0.491 e. The highest BCUT2D eigenvalue weighted by Crippen LogP contribution is 2.17. The lowest BCUT2D eigenvalue weighted by atomic mass is 10.0. The number of ether oxygens (including phenoxy) is 2. The van der Waals surface area contributed by atoms with Gasteiger partial charge in [0.25, 0.3) is 0 Å². The molecule has 25 heavy (non-hydrogen) atoms. The molecule has 1 aliphatic rings. The average molecular weight is 345 g/mol. The van der Waals surface area contributed by atoms with Crippen molar-refractivity contribution in [3.63, 3.8) is 0 Å². The highest BCUT2D eigenvalue weighted by Gasteiger charge is 2.22. The van der Waals surface area contributed by atoms with Crippen LogP contribution in [0.2, 0.25) is 0 Å². The van der Waals surface area contributed by atoms with E-state index in [1.807, 2.05) is 0 Å². The van der Waals surface area contributed by atoms with E-state index in [2.05, 4.69) is 43.3 Å². The van der Waals surface area contributed by atoms with E-state index in [1.54, 1.807) is 0 Å². The Balaban J connectivity index is 1.40. The van der Waals surface area contributed by atoms with E-state index in [4.69, 9.17) is 9.47 Å². The van der Waals surface area contributed by atoms with Crippen LogP contribution in [0, 0.1) is 0 Å². The molecule has 1 fully saturated rings. The third kappa shape index (κ3) is 10.3. The highest BCUT2D eigenvalue weighted by molar-refractivity contribution is 5.27. The molecule has 1 heterocycles. The van der Waals surface area contributed by atoms with Gasteiger partial charge < -0.3 is 9.47 Å². The van der Waals surface area contributed by atoms with Gasteiger partial charge in [-0.1, -0.05) is 69.7 Å². The van der Waals surface area contributed by atoms with Crippen LogP contribution in [-0.4, -0.2) is 19.3 Å². The quantitative estimate of drug-likeness (QED) is 0.206. The van der Waals surface area contributed by atoms with Crippen molar-refractivity contribution in [3.05, 3.63) is 42.0 Å². The highest BCUT2D eigenvalue weighted by atomic mass is 16.6. The Kier molecular flexibility index (Phi) is 10.4. The lowest BCUT2D eigenvalue weighted by Gasteiger charge is -2.06. The van der Waals surface area contributed by atoms with Gasteiger partial charge in [-0.05, 0) is 49.8 Å². The molecular weight excluding hydrogens is 308 g/mol. The van der Waals surface area contributed by atoms with Crippen LogP contribution in [0.25, 0.3) is 0 Å². The number of aryl methyl sites for hydroxylation is 1. The van der Waals surface area contributed by atoms with Crippen molar-refractivity contribution in [3.8, 4) is 5.75 Å². The van der Waals surface area contributed by atoms with E-state index in [9.17, 15) is 0 Å². The van der Waals surface area contributed by atoms with Gasteiger partial charge in [0.2, 0.25) is 0 Å². The lowest BCUT2D eigenvalue weighted by molar-refractivity contribution is 0.263. The Labute approximate surface area is 154 Å². The fourth-order valence-electron chi connectivity index (χ4n) is 2.96. The molecule has 0 bridgehead atoms. The van der Waals surface area contributed by atoms with Crippen molar-refractivity contribution in [1.82, 2.24) is 0 Å². The molecule has 2 heteroatoms. The maximum atomic E-state index is 5.67. The van der Waals surface area contributed by atoms with Crippen molar-refractivity contribution < 1.29 is 9.47 Å². The summed E-state index contributed by atoms with van der Waals surface area (Å²) in [5.41, 5.74) is 1.42. The Morgan fingerprint density at radius 2 is 1.56 bits per heavy atom. The number of hydrogen-bond acceptors (Lipinski definition) is 2. The molecule has 1 saturated heterocycles. The maximum Gasteiger partial charge on any atom is 0.119 e. The molecule has 0 N–H and O–H groups in total. The molecule has 0 radical (unpaired) electrons. The number of unbranched alkanes of at least 4 members (excludes halogenated alkanes) is 8. The van der Waals surface area contributed by atoms with Crippen molar-refractivity contribution >= 4 is 0 Å². The molecule has 1 aromatic carbocycles. The first-order valence-electron chi connectivity index (χ1n) is 10.4. The first-order chi connectivity index (χ1) is 12.4. The Morgan fingerprint density at radius 3 is 2.24 bits per heavy atom. The second-order valence-corrected chi connectivity index (χ2v) is 7.18. The molecule has 1 atom stereocenters. The smallest absolute Gasteiger partial charge is 0.119 e. The molecule has 0 aliphatic carbocycles.